The van der Waals surface area contributed by atoms with Crippen LogP contribution in [0.5, 0.6) is 0 Å². The van der Waals surface area contributed by atoms with Crippen molar-refractivity contribution in [1.82, 2.24) is 0 Å². The number of rotatable bonds is 28. The summed E-state index contributed by atoms with van der Waals surface area (Å²) >= 11 is 9.19. The van der Waals surface area contributed by atoms with Crippen molar-refractivity contribution in [3.63, 3.8) is 0 Å². The zero-order chi connectivity index (χ0) is 39.3. The molecule has 1 aromatic rings. The van der Waals surface area contributed by atoms with Gasteiger partial charge in [-0.15, -0.1) is 23.5 Å². The van der Waals surface area contributed by atoms with Crippen LogP contribution in [0.25, 0.3) is 0 Å². The molecule has 1 heterocycles. The third kappa shape index (κ3) is 18.7. The first-order chi connectivity index (χ1) is 25.3. The molecule has 0 radical (unpaired) electrons. The molecule has 54 heavy (non-hydrogen) atoms. The second-order valence-corrected chi connectivity index (χ2v) is 23.3. The van der Waals surface area contributed by atoms with Crippen molar-refractivity contribution in [2.45, 2.75) is 161 Å². The number of carboxylic acid groups (broad SMARTS) is 1. The monoisotopic (exact) mass is 854 g/mol. The van der Waals surface area contributed by atoms with Crippen molar-refractivity contribution in [2.75, 3.05) is 43.2 Å². The van der Waals surface area contributed by atoms with Gasteiger partial charge in [0.05, 0.1) is 43.3 Å². The van der Waals surface area contributed by atoms with Crippen molar-refractivity contribution in [3.8, 4) is 0 Å². The molecule has 314 valence electrons. The molecule has 0 saturated carbocycles. The van der Waals surface area contributed by atoms with Gasteiger partial charge in [0.25, 0.3) is 0 Å². The van der Waals surface area contributed by atoms with E-state index in [-0.39, 0.29) is 18.3 Å². The summed E-state index contributed by atoms with van der Waals surface area (Å²) in [5.41, 5.74) is 1.81. The van der Waals surface area contributed by atoms with Crippen LogP contribution >= 0.6 is 43.0 Å². The highest BCUT2D eigenvalue weighted by atomic mass is 35.5. The van der Waals surface area contributed by atoms with Crippen LogP contribution in [-0.2, 0) is 20.4 Å². The summed E-state index contributed by atoms with van der Waals surface area (Å²) in [5, 5.41) is 50.3. The lowest BCUT2D eigenvalue weighted by Gasteiger charge is -2.39. The highest BCUT2D eigenvalue weighted by molar-refractivity contribution is 8.47. The molecule has 1 aliphatic heterocycles. The van der Waals surface area contributed by atoms with E-state index in [1.807, 2.05) is 13.8 Å². The Morgan fingerprint density at radius 2 is 1.46 bits per heavy atom. The maximum Gasteiger partial charge on any atom is 0.309 e. The molecule has 0 aromatic heterocycles. The third-order valence-corrected chi connectivity index (χ3v) is 18.4. The van der Waals surface area contributed by atoms with Crippen LogP contribution in [0, 0.1) is 5.41 Å². The summed E-state index contributed by atoms with van der Waals surface area (Å²) in [7, 11) is -1.45. The number of ether oxygens (including phenoxy) is 2. The van der Waals surface area contributed by atoms with E-state index in [1.54, 1.807) is 23.5 Å². The van der Waals surface area contributed by atoms with Gasteiger partial charge in [-0.05, 0) is 81.6 Å². The largest absolute Gasteiger partial charge is 1.00 e. The number of aliphatic hydroxyl groups is 4. The van der Waals surface area contributed by atoms with Gasteiger partial charge < -0.3 is 47.4 Å². The molecular weight excluding hydrogens is 783 g/mol. The Hall–Kier alpha value is -0.0400. The molecule has 3 unspecified atom stereocenters. The van der Waals surface area contributed by atoms with Gasteiger partial charge in [-0.3, -0.25) is 4.79 Å². The van der Waals surface area contributed by atoms with Crippen molar-refractivity contribution in [2.24, 2.45) is 5.41 Å². The number of hydrogen-bond donors (Lipinski definition) is 5. The number of aliphatic hydroxyl groups excluding tert-OH is 4. The summed E-state index contributed by atoms with van der Waals surface area (Å²) in [4.78, 5) is 11.9. The van der Waals surface area contributed by atoms with E-state index >= 15 is 0 Å². The third-order valence-electron chi connectivity index (χ3n) is 10.7. The molecule has 1 aliphatic rings. The SMILES string of the molecule is CCCCCC[P+](CCCCCC)(CCCO[C@H]1OC(CO)[C@@H](O)[C@H](O)C1O)Cc1ccc(C(CCC(C)(C)C(=O)O)CSC(=S)SCCCC)cc1.[Cl-]. The Morgan fingerprint density at radius 3 is 2.02 bits per heavy atom. The van der Waals surface area contributed by atoms with E-state index in [4.69, 9.17) is 21.7 Å². The topological polar surface area (TPSA) is 137 Å². The molecule has 6 atom stereocenters. The van der Waals surface area contributed by atoms with E-state index in [1.165, 1.54) is 74.8 Å². The van der Waals surface area contributed by atoms with Crippen molar-refractivity contribution >= 4 is 52.5 Å². The van der Waals surface area contributed by atoms with Gasteiger partial charge in [-0.1, -0.05) is 89.4 Å². The molecule has 1 fully saturated rings. The number of aliphatic carboxylic acids is 1. The number of halogens is 1. The maximum atomic E-state index is 11.9. The number of carboxylic acids is 1. The Bertz CT molecular complexity index is 1150. The van der Waals surface area contributed by atoms with Crippen molar-refractivity contribution < 1.29 is 52.2 Å². The van der Waals surface area contributed by atoms with Gasteiger partial charge >= 0.3 is 5.97 Å². The second kappa shape index (κ2) is 28.4. The Balaban J connectivity index is 0.0000146. The first kappa shape index (κ1) is 52.0. The highest BCUT2D eigenvalue weighted by Gasteiger charge is 2.44. The highest BCUT2D eigenvalue weighted by Crippen LogP contribution is 2.63. The van der Waals surface area contributed by atoms with Crippen LogP contribution in [0.3, 0.4) is 0 Å². The summed E-state index contributed by atoms with van der Waals surface area (Å²) in [6.07, 6.45) is 12.5. The van der Waals surface area contributed by atoms with E-state index in [0.29, 0.717) is 13.0 Å². The lowest BCUT2D eigenvalue weighted by Crippen LogP contribution is -3.00. The molecule has 2 rings (SSSR count). The van der Waals surface area contributed by atoms with Crippen LogP contribution in [0.2, 0.25) is 0 Å². The smallest absolute Gasteiger partial charge is 0.309 e. The zero-order valence-electron chi connectivity index (χ0n) is 33.6. The van der Waals surface area contributed by atoms with Crippen LogP contribution in [-0.4, -0.2) is 109 Å². The Labute approximate surface area is 347 Å². The molecule has 0 bridgehead atoms. The lowest BCUT2D eigenvalue weighted by molar-refractivity contribution is -0.300. The Morgan fingerprint density at radius 1 is 0.870 bits per heavy atom. The molecule has 13 heteroatoms. The van der Waals surface area contributed by atoms with Gasteiger partial charge in [-0.2, -0.15) is 0 Å². The standard InChI is InChI=1S/C41H71O8PS3.ClH/c1-6-9-12-14-24-50(25-15-13-10-7-2,26-16-23-48-38-37(45)36(44)35(43)34(28-42)49-38)29-31-17-19-32(20-18-31)33(21-22-41(4,5)39(46)47)30-53-40(51)52-27-11-8-3;/h17-20,33-38,42-45H,6-16,21-30H2,1-5H3;1H/t33?,34?,35-,36+,37?,38+;/m1./s1. The van der Waals surface area contributed by atoms with E-state index in [0.717, 1.165) is 53.0 Å². The first-order valence-electron chi connectivity index (χ1n) is 20.2. The normalized spacial score (nSPS) is 21.1. The van der Waals surface area contributed by atoms with Crippen LogP contribution in [0.1, 0.15) is 135 Å². The molecule has 1 aromatic carbocycles. The fourth-order valence-corrected chi connectivity index (χ4v) is 14.2. The van der Waals surface area contributed by atoms with Crippen LogP contribution in [0.4, 0.5) is 0 Å². The molecule has 1 saturated heterocycles. The number of carbonyl (C=O) groups is 1. The zero-order valence-corrected chi connectivity index (χ0v) is 37.7. The van der Waals surface area contributed by atoms with E-state index < -0.39 is 56.0 Å². The van der Waals surface area contributed by atoms with Gasteiger partial charge in [-0.25, -0.2) is 0 Å². The fourth-order valence-electron chi connectivity index (χ4n) is 6.91. The number of benzene rings is 1. The number of thiocarbonyl (C=S) groups is 1. The Kier molecular flexibility index (Phi) is 27.3. The summed E-state index contributed by atoms with van der Waals surface area (Å²) in [6.45, 7) is 10.2. The molecule has 0 amide bonds. The minimum absolute atomic E-state index is 0. The number of unbranched alkanes of at least 4 members (excludes halogenated alkanes) is 7. The van der Waals surface area contributed by atoms with Crippen LogP contribution < -0.4 is 12.4 Å². The number of thioether (sulfide) groups is 2. The average Bonchev–Trinajstić information content (AvgIpc) is 3.14. The van der Waals surface area contributed by atoms with Crippen LogP contribution in [0.15, 0.2) is 24.3 Å². The molecule has 8 nitrogen and oxygen atoms in total. The minimum Gasteiger partial charge on any atom is -1.00 e. The summed E-state index contributed by atoms with van der Waals surface area (Å²) in [6, 6.07) is 9.15. The molecule has 5 N–H and O–H groups in total. The first-order valence-corrected chi connectivity index (χ1v) is 25.1. The predicted octanol–water partition coefficient (Wildman–Crippen LogP) is 6.10. The molecule has 0 spiro atoms. The van der Waals surface area contributed by atoms with E-state index in [9.17, 15) is 30.3 Å². The second-order valence-electron chi connectivity index (χ2n) is 15.6. The average molecular weight is 856 g/mol. The minimum atomic E-state index is -1.45. The van der Waals surface area contributed by atoms with Gasteiger partial charge in [0.15, 0.2) is 6.29 Å². The van der Waals surface area contributed by atoms with E-state index in [2.05, 4.69) is 45.0 Å². The predicted molar refractivity (Wildman–Crippen MR) is 230 cm³/mol. The van der Waals surface area contributed by atoms with Gasteiger partial charge in [0.1, 0.15) is 27.9 Å². The fraction of sp³-hybridized carbons (Fsp3) is 0.805. The maximum absolute atomic E-state index is 11.9. The number of hydrogen-bond acceptors (Lipinski definition) is 10. The summed E-state index contributed by atoms with van der Waals surface area (Å²) in [5.74, 6) is 1.32. The van der Waals surface area contributed by atoms with Gasteiger partial charge in [0, 0.05) is 19.4 Å². The van der Waals surface area contributed by atoms with Crippen molar-refractivity contribution in [1.29, 1.82) is 0 Å². The van der Waals surface area contributed by atoms with Gasteiger partial charge in [0.2, 0.25) is 0 Å². The van der Waals surface area contributed by atoms with Crippen molar-refractivity contribution in [3.05, 3.63) is 35.4 Å². The quantitative estimate of drug-likeness (QED) is 0.0380. The summed E-state index contributed by atoms with van der Waals surface area (Å²) < 4.78 is 12.5. The molecule has 0 aliphatic carbocycles. The molecular formula is C41H72ClO8PS3. The lowest BCUT2D eigenvalue weighted by atomic mass is 9.83.